The van der Waals surface area contributed by atoms with Crippen molar-refractivity contribution in [3.8, 4) is 0 Å². The molecule has 4 rings (SSSR count). The lowest BCUT2D eigenvalue weighted by atomic mass is 9.94. The number of nitrogens with one attached hydrogen (secondary N) is 1. The van der Waals surface area contributed by atoms with Crippen molar-refractivity contribution in [3.05, 3.63) is 83.8 Å². The summed E-state index contributed by atoms with van der Waals surface area (Å²) in [5.41, 5.74) is 2.46. The van der Waals surface area contributed by atoms with E-state index in [4.69, 9.17) is 0 Å². The van der Waals surface area contributed by atoms with Crippen molar-refractivity contribution in [1.82, 2.24) is 19.2 Å². The van der Waals surface area contributed by atoms with Gasteiger partial charge in [-0.25, -0.2) is 13.4 Å². The van der Waals surface area contributed by atoms with Crippen molar-refractivity contribution in [2.24, 2.45) is 7.05 Å². The number of benzene rings is 2. The van der Waals surface area contributed by atoms with Gasteiger partial charge in [-0.2, -0.15) is 4.31 Å². The fourth-order valence-corrected chi connectivity index (χ4v) is 5.33. The largest absolute Gasteiger partial charge is 0.347 e. The molecule has 2 unspecified atom stereocenters. The highest BCUT2D eigenvalue weighted by atomic mass is 32.2. The minimum absolute atomic E-state index is 0.0164. The number of aryl methyl sites for hydroxylation is 2. The van der Waals surface area contributed by atoms with Crippen molar-refractivity contribution >= 4 is 15.9 Å². The van der Waals surface area contributed by atoms with E-state index in [1.165, 1.54) is 16.8 Å². The molecule has 1 N–H and O–H groups in total. The molecule has 0 bridgehead atoms. The molecule has 8 heteroatoms. The maximum Gasteiger partial charge on any atom is 0.262 e. The second-order valence-corrected chi connectivity index (χ2v) is 9.50. The number of aromatic nitrogens is 2. The summed E-state index contributed by atoms with van der Waals surface area (Å²) in [5.74, 6) is -0.353. The Bertz CT molecular complexity index is 1160. The first-order valence-electron chi connectivity index (χ1n) is 9.76. The summed E-state index contributed by atoms with van der Waals surface area (Å²) < 4.78 is 29.3. The van der Waals surface area contributed by atoms with E-state index in [0.717, 1.165) is 11.1 Å². The molecule has 7 nitrogen and oxygen atoms in total. The lowest BCUT2D eigenvalue weighted by Crippen LogP contribution is -2.40. The van der Waals surface area contributed by atoms with Crippen LogP contribution in [0, 0.1) is 6.92 Å². The molecule has 1 aliphatic rings. The maximum absolute atomic E-state index is 13.1. The Labute approximate surface area is 176 Å². The Morgan fingerprint density at radius 2 is 1.77 bits per heavy atom. The summed E-state index contributed by atoms with van der Waals surface area (Å²) in [6.07, 6.45) is 2.96. The third-order valence-corrected chi connectivity index (χ3v) is 7.22. The molecule has 0 spiro atoms. The summed E-state index contributed by atoms with van der Waals surface area (Å²) in [7, 11) is -2.02. The normalized spacial score (nSPS) is 19.7. The lowest BCUT2D eigenvalue weighted by molar-refractivity contribution is 0.0935. The second kappa shape index (κ2) is 8.04. The van der Waals surface area contributed by atoms with Crippen molar-refractivity contribution in [2.75, 3.05) is 13.1 Å². The Morgan fingerprint density at radius 1 is 1.07 bits per heavy atom. The molecule has 30 heavy (non-hydrogen) atoms. The Kier molecular flexibility index (Phi) is 5.44. The quantitative estimate of drug-likeness (QED) is 0.681. The molecule has 0 saturated carbocycles. The third-order valence-electron chi connectivity index (χ3n) is 5.51. The van der Waals surface area contributed by atoms with Crippen LogP contribution in [-0.4, -0.2) is 47.3 Å². The number of sulfonamides is 1. The van der Waals surface area contributed by atoms with Crippen LogP contribution in [0.1, 0.15) is 27.4 Å². The van der Waals surface area contributed by atoms with Crippen LogP contribution in [-0.2, 0) is 17.1 Å². The van der Waals surface area contributed by atoms with Crippen LogP contribution in [0.15, 0.2) is 72.1 Å². The summed E-state index contributed by atoms with van der Waals surface area (Å²) in [5, 5.41) is 3.09. The van der Waals surface area contributed by atoms with E-state index < -0.39 is 10.0 Å². The van der Waals surface area contributed by atoms with Gasteiger partial charge in [0.15, 0.2) is 5.03 Å². The summed E-state index contributed by atoms with van der Waals surface area (Å²) in [6, 6.07) is 16.7. The van der Waals surface area contributed by atoms with E-state index in [-0.39, 0.29) is 36.0 Å². The predicted octanol–water partition coefficient (Wildman–Crippen LogP) is 2.32. The van der Waals surface area contributed by atoms with Crippen molar-refractivity contribution in [1.29, 1.82) is 0 Å². The molecular formula is C22H24N4O3S. The lowest BCUT2D eigenvalue weighted by Gasteiger charge is -2.20. The van der Waals surface area contributed by atoms with Gasteiger partial charge in [0.05, 0.1) is 12.4 Å². The first kappa shape index (κ1) is 20.3. The van der Waals surface area contributed by atoms with Crippen LogP contribution in [0.3, 0.4) is 0 Å². The molecule has 1 fully saturated rings. The van der Waals surface area contributed by atoms with Gasteiger partial charge in [0, 0.05) is 37.8 Å². The first-order chi connectivity index (χ1) is 14.4. The van der Waals surface area contributed by atoms with Gasteiger partial charge in [-0.1, -0.05) is 48.5 Å². The van der Waals surface area contributed by atoms with Gasteiger partial charge in [-0.05, 0) is 24.1 Å². The predicted molar refractivity (Wildman–Crippen MR) is 114 cm³/mol. The minimum atomic E-state index is -3.75. The van der Waals surface area contributed by atoms with E-state index in [0.29, 0.717) is 5.56 Å². The number of carbonyl (C=O) groups excluding carboxylic acids is 1. The van der Waals surface area contributed by atoms with Gasteiger partial charge in [-0.15, -0.1) is 0 Å². The van der Waals surface area contributed by atoms with Gasteiger partial charge in [-0.3, -0.25) is 4.79 Å². The van der Waals surface area contributed by atoms with Gasteiger partial charge in [0.2, 0.25) is 0 Å². The molecule has 1 saturated heterocycles. The maximum atomic E-state index is 13.1. The molecule has 3 aromatic rings. The number of imidazole rings is 1. The van der Waals surface area contributed by atoms with Crippen LogP contribution in [0.25, 0.3) is 0 Å². The van der Waals surface area contributed by atoms with Gasteiger partial charge in [0.1, 0.15) is 0 Å². The number of amides is 1. The number of rotatable bonds is 5. The van der Waals surface area contributed by atoms with Crippen molar-refractivity contribution < 1.29 is 13.2 Å². The highest BCUT2D eigenvalue weighted by Crippen LogP contribution is 2.31. The van der Waals surface area contributed by atoms with E-state index in [1.54, 1.807) is 17.7 Å². The Morgan fingerprint density at radius 3 is 2.43 bits per heavy atom. The highest BCUT2D eigenvalue weighted by Gasteiger charge is 2.41. The summed E-state index contributed by atoms with van der Waals surface area (Å²) >= 11 is 0. The van der Waals surface area contributed by atoms with Crippen molar-refractivity contribution in [3.63, 3.8) is 0 Å². The fourth-order valence-electron chi connectivity index (χ4n) is 3.88. The van der Waals surface area contributed by atoms with E-state index >= 15 is 0 Å². The first-order valence-corrected chi connectivity index (χ1v) is 11.2. The third kappa shape index (κ3) is 3.88. The molecule has 0 aliphatic carbocycles. The molecule has 1 aromatic heterocycles. The topological polar surface area (TPSA) is 84.3 Å². The van der Waals surface area contributed by atoms with Crippen LogP contribution in [0.5, 0.6) is 0 Å². The SMILES string of the molecule is Cc1ccccc1C(=O)NC1CN(S(=O)(=O)c2cn(C)cn2)CC1c1ccccc1. The van der Waals surface area contributed by atoms with Gasteiger partial charge < -0.3 is 9.88 Å². The van der Waals surface area contributed by atoms with Crippen LogP contribution < -0.4 is 5.32 Å². The minimum Gasteiger partial charge on any atom is -0.347 e. The Balaban J connectivity index is 1.63. The standard InChI is InChI=1S/C22H24N4O3S/c1-16-8-6-7-11-18(16)22(27)24-20-13-26(12-19(20)17-9-4-3-5-10-17)30(28,29)21-14-25(2)15-23-21/h3-11,14-15,19-20H,12-13H2,1-2H3,(H,24,27). The van der Waals surface area contributed by atoms with E-state index in [2.05, 4.69) is 10.3 Å². The number of nitrogens with zero attached hydrogens (tertiary/aromatic N) is 3. The van der Waals surface area contributed by atoms with Gasteiger partial charge >= 0.3 is 0 Å². The summed E-state index contributed by atoms with van der Waals surface area (Å²) in [6.45, 7) is 2.35. The smallest absolute Gasteiger partial charge is 0.262 e. The fraction of sp³-hybridized carbons (Fsp3) is 0.273. The molecule has 156 valence electrons. The molecular weight excluding hydrogens is 400 g/mol. The number of hydrogen-bond donors (Lipinski definition) is 1. The number of hydrogen-bond acceptors (Lipinski definition) is 4. The van der Waals surface area contributed by atoms with Gasteiger partial charge in [0.25, 0.3) is 15.9 Å². The average molecular weight is 425 g/mol. The Hall–Kier alpha value is -2.97. The molecule has 2 atom stereocenters. The molecule has 2 heterocycles. The molecule has 1 amide bonds. The monoisotopic (exact) mass is 424 g/mol. The van der Waals surface area contributed by atoms with Crippen LogP contribution >= 0.6 is 0 Å². The highest BCUT2D eigenvalue weighted by molar-refractivity contribution is 7.89. The zero-order chi connectivity index (χ0) is 21.3. The number of carbonyl (C=O) groups is 1. The van der Waals surface area contributed by atoms with Crippen LogP contribution in [0.2, 0.25) is 0 Å². The molecule has 0 radical (unpaired) electrons. The summed E-state index contributed by atoms with van der Waals surface area (Å²) in [4.78, 5) is 17.0. The molecule has 1 aliphatic heterocycles. The van der Waals surface area contributed by atoms with Crippen molar-refractivity contribution in [2.45, 2.75) is 23.9 Å². The zero-order valence-corrected chi connectivity index (χ0v) is 17.7. The average Bonchev–Trinajstić information content (AvgIpc) is 3.36. The van der Waals surface area contributed by atoms with Crippen LogP contribution in [0.4, 0.5) is 0 Å². The van der Waals surface area contributed by atoms with E-state index in [1.807, 2.05) is 55.5 Å². The zero-order valence-electron chi connectivity index (χ0n) is 16.9. The van der Waals surface area contributed by atoms with E-state index in [9.17, 15) is 13.2 Å². The molecule has 2 aromatic carbocycles. The second-order valence-electron chi connectivity index (χ2n) is 7.61.